The number of benzene rings is 1. The minimum absolute atomic E-state index is 0.177. The Labute approximate surface area is 79.2 Å². The third kappa shape index (κ3) is 2.43. The highest BCUT2D eigenvalue weighted by molar-refractivity contribution is 7.74. The van der Waals surface area contributed by atoms with E-state index >= 15 is 0 Å². The van der Waals surface area contributed by atoms with Crippen LogP contribution in [-0.2, 0) is 11.4 Å². The fraction of sp³-hybridized carbons (Fsp3) is 0.250. The third-order valence-corrected chi connectivity index (χ3v) is 2.10. The molecule has 0 amide bonds. The number of nitrogens with two attached hydrogens (primary N) is 1. The molecule has 0 aliphatic carbocycles. The first-order valence-corrected chi connectivity index (χ1v) is 4.65. The Balaban J connectivity index is 3.08. The van der Waals surface area contributed by atoms with Crippen LogP contribution in [-0.4, -0.2) is 8.76 Å². The minimum Gasteiger partial charge on any atom is -0.740 e. The van der Waals surface area contributed by atoms with Crippen LogP contribution < -0.4 is 9.92 Å². The van der Waals surface area contributed by atoms with Crippen molar-refractivity contribution in [1.29, 1.82) is 0 Å². The lowest BCUT2D eigenvalue weighted by atomic mass is 10.1. The highest BCUT2D eigenvalue weighted by Crippen LogP contribution is 2.25. The van der Waals surface area contributed by atoms with Gasteiger partial charge in [0.15, 0.2) is 5.75 Å². The Morgan fingerprint density at radius 2 is 1.92 bits per heavy atom. The van der Waals surface area contributed by atoms with Crippen molar-refractivity contribution in [3.8, 4) is 5.75 Å². The van der Waals surface area contributed by atoms with Crippen molar-refractivity contribution >= 4 is 17.0 Å². The number of aryl methyl sites for hydroxylation is 2. The zero-order chi connectivity index (χ0) is 10.0. The molecular formula is C8H10NO3S-. The van der Waals surface area contributed by atoms with Crippen LogP contribution in [0.2, 0.25) is 0 Å². The van der Waals surface area contributed by atoms with Gasteiger partial charge in [-0.25, -0.2) is 4.21 Å². The first-order chi connectivity index (χ1) is 6.00. The van der Waals surface area contributed by atoms with Crippen LogP contribution in [0.15, 0.2) is 12.1 Å². The first-order valence-electron chi connectivity index (χ1n) is 3.65. The average Bonchev–Trinajstić information content (AvgIpc) is 1.99. The Hall–Kier alpha value is -1.07. The molecule has 2 N–H and O–H groups in total. The number of anilines is 1. The molecule has 0 aliphatic heterocycles. The van der Waals surface area contributed by atoms with Crippen molar-refractivity contribution in [3.63, 3.8) is 0 Å². The van der Waals surface area contributed by atoms with E-state index in [9.17, 15) is 8.76 Å². The summed E-state index contributed by atoms with van der Waals surface area (Å²) in [5.41, 5.74) is 7.81. The highest BCUT2D eigenvalue weighted by Gasteiger charge is 2.03. The molecule has 5 heteroatoms. The topological polar surface area (TPSA) is 75.4 Å². The second kappa shape index (κ2) is 3.76. The molecule has 72 valence electrons. The summed E-state index contributed by atoms with van der Waals surface area (Å²) in [4.78, 5) is 0. The Kier molecular flexibility index (Phi) is 2.90. The van der Waals surface area contributed by atoms with Crippen LogP contribution in [0.4, 0.5) is 5.69 Å². The highest BCUT2D eigenvalue weighted by atomic mass is 32.2. The predicted octanol–water partition coefficient (Wildman–Crippen LogP) is 1.06. The molecule has 0 saturated heterocycles. The predicted molar refractivity (Wildman–Crippen MR) is 49.9 cm³/mol. The molecule has 0 aliphatic rings. The number of hydrogen-bond acceptors (Lipinski definition) is 4. The van der Waals surface area contributed by atoms with Crippen molar-refractivity contribution < 1.29 is 12.9 Å². The molecule has 1 atom stereocenters. The fourth-order valence-corrected chi connectivity index (χ4v) is 1.25. The summed E-state index contributed by atoms with van der Waals surface area (Å²) in [5, 5.41) is 0. The lowest BCUT2D eigenvalue weighted by Gasteiger charge is -2.11. The van der Waals surface area contributed by atoms with E-state index in [-0.39, 0.29) is 5.75 Å². The zero-order valence-electron chi connectivity index (χ0n) is 7.37. The van der Waals surface area contributed by atoms with Gasteiger partial charge in [-0.2, -0.15) is 0 Å². The SMILES string of the molecule is Cc1cc(N)c(OS(=O)[O-])cc1C. The Morgan fingerprint density at radius 1 is 1.38 bits per heavy atom. The molecule has 4 nitrogen and oxygen atoms in total. The van der Waals surface area contributed by atoms with Crippen LogP contribution in [0.25, 0.3) is 0 Å². The standard InChI is InChI=1S/C8H11NO3S/c1-5-3-7(9)8(4-6(5)2)12-13(10)11/h3-4H,9H2,1-2H3,(H,10,11)/p-1. The lowest BCUT2D eigenvalue weighted by Crippen LogP contribution is -2.02. The second-order valence-electron chi connectivity index (χ2n) is 2.76. The van der Waals surface area contributed by atoms with Crippen LogP contribution in [0.5, 0.6) is 5.75 Å². The molecule has 0 bridgehead atoms. The van der Waals surface area contributed by atoms with E-state index in [2.05, 4.69) is 4.18 Å². The van der Waals surface area contributed by atoms with E-state index < -0.39 is 11.4 Å². The van der Waals surface area contributed by atoms with Gasteiger partial charge in [-0.1, -0.05) is 0 Å². The summed E-state index contributed by atoms with van der Waals surface area (Å²) in [5.74, 6) is 0.177. The van der Waals surface area contributed by atoms with Gasteiger partial charge in [-0.3, -0.25) is 0 Å². The lowest BCUT2D eigenvalue weighted by molar-refractivity contribution is 0.441. The van der Waals surface area contributed by atoms with Crippen molar-refractivity contribution in [2.75, 3.05) is 5.73 Å². The summed E-state index contributed by atoms with van der Waals surface area (Å²) in [6, 6.07) is 3.28. The van der Waals surface area contributed by atoms with Gasteiger partial charge in [0.2, 0.25) is 0 Å². The third-order valence-electron chi connectivity index (χ3n) is 1.78. The van der Waals surface area contributed by atoms with E-state index in [1.165, 1.54) is 0 Å². The Morgan fingerprint density at radius 3 is 2.46 bits per heavy atom. The van der Waals surface area contributed by atoms with E-state index in [1.807, 2.05) is 13.8 Å². The van der Waals surface area contributed by atoms with Crippen molar-refractivity contribution in [2.24, 2.45) is 0 Å². The summed E-state index contributed by atoms with van der Waals surface area (Å²) in [7, 11) is 0. The van der Waals surface area contributed by atoms with Gasteiger partial charge in [0, 0.05) is 0 Å². The molecule has 1 unspecified atom stereocenters. The minimum atomic E-state index is -2.57. The molecule has 1 rings (SSSR count). The van der Waals surface area contributed by atoms with Gasteiger partial charge in [0.25, 0.3) is 0 Å². The van der Waals surface area contributed by atoms with Gasteiger partial charge >= 0.3 is 0 Å². The summed E-state index contributed by atoms with van der Waals surface area (Å²) in [6.45, 7) is 3.75. The molecule has 0 heterocycles. The molecular weight excluding hydrogens is 190 g/mol. The van der Waals surface area contributed by atoms with Crippen LogP contribution in [0.1, 0.15) is 11.1 Å². The van der Waals surface area contributed by atoms with Crippen molar-refractivity contribution in [2.45, 2.75) is 13.8 Å². The fourth-order valence-electron chi connectivity index (χ4n) is 0.958. The molecule has 1 aromatic carbocycles. The summed E-state index contributed by atoms with van der Waals surface area (Å²) >= 11 is -2.57. The Bertz CT molecular complexity index is 351. The molecule has 0 aromatic heterocycles. The molecule has 0 spiro atoms. The monoisotopic (exact) mass is 200 g/mol. The summed E-state index contributed by atoms with van der Waals surface area (Å²) in [6.07, 6.45) is 0. The van der Waals surface area contributed by atoms with Gasteiger partial charge in [0.1, 0.15) is 11.4 Å². The zero-order valence-corrected chi connectivity index (χ0v) is 8.18. The molecule has 1 aromatic rings. The first kappa shape index (κ1) is 10.0. The van der Waals surface area contributed by atoms with Gasteiger partial charge in [0.05, 0.1) is 5.69 Å². The normalized spacial score (nSPS) is 12.5. The quantitative estimate of drug-likeness (QED) is 0.572. The van der Waals surface area contributed by atoms with Crippen molar-refractivity contribution in [1.82, 2.24) is 0 Å². The van der Waals surface area contributed by atoms with Gasteiger partial charge in [-0.05, 0) is 37.1 Å². The second-order valence-corrected chi connectivity index (χ2v) is 3.34. The average molecular weight is 200 g/mol. The van der Waals surface area contributed by atoms with E-state index in [0.29, 0.717) is 5.69 Å². The maximum absolute atomic E-state index is 10.2. The van der Waals surface area contributed by atoms with E-state index in [4.69, 9.17) is 5.73 Å². The van der Waals surface area contributed by atoms with Crippen LogP contribution >= 0.6 is 0 Å². The van der Waals surface area contributed by atoms with Gasteiger partial charge in [-0.15, -0.1) is 0 Å². The molecule has 0 fully saturated rings. The van der Waals surface area contributed by atoms with Crippen LogP contribution in [0.3, 0.4) is 0 Å². The largest absolute Gasteiger partial charge is 0.740 e. The van der Waals surface area contributed by atoms with Gasteiger partial charge < -0.3 is 14.5 Å². The smallest absolute Gasteiger partial charge is 0.162 e. The molecule has 13 heavy (non-hydrogen) atoms. The maximum atomic E-state index is 10.2. The van der Waals surface area contributed by atoms with Crippen molar-refractivity contribution in [3.05, 3.63) is 23.3 Å². The van der Waals surface area contributed by atoms with Crippen LogP contribution in [0, 0.1) is 13.8 Å². The van der Waals surface area contributed by atoms with E-state index in [1.54, 1.807) is 12.1 Å². The number of rotatable bonds is 2. The molecule has 0 radical (unpaired) electrons. The summed E-state index contributed by atoms with van der Waals surface area (Å²) < 4.78 is 25.0. The van der Waals surface area contributed by atoms with E-state index in [0.717, 1.165) is 11.1 Å². The number of hydrogen-bond donors (Lipinski definition) is 1. The number of nitrogen functional groups attached to an aromatic ring is 1. The molecule has 0 saturated carbocycles. The maximum Gasteiger partial charge on any atom is 0.162 e.